The van der Waals surface area contributed by atoms with Gasteiger partial charge in [0.1, 0.15) is 11.4 Å². The van der Waals surface area contributed by atoms with Crippen LogP contribution in [0, 0.1) is 0 Å². The molecule has 0 bridgehead atoms. The summed E-state index contributed by atoms with van der Waals surface area (Å²) in [6.45, 7) is -0.549. The maximum Gasteiger partial charge on any atom is 0.490 e. The van der Waals surface area contributed by atoms with Crippen LogP contribution in [0.1, 0.15) is 12.8 Å². The Balaban J connectivity index is 1.99. The van der Waals surface area contributed by atoms with Crippen molar-refractivity contribution in [1.29, 1.82) is 0 Å². The molecule has 0 aromatic carbocycles. The van der Waals surface area contributed by atoms with Gasteiger partial charge >= 0.3 is 29.2 Å². The van der Waals surface area contributed by atoms with Crippen molar-refractivity contribution >= 4 is 40.9 Å². The number of halogens is 1. The van der Waals surface area contributed by atoms with Crippen molar-refractivity contribution in [2.24, 2.45) is 0 Å². The van der Waals surface area contributed by atoms with Gasteiger partial charge in [0.05, 0.1) is 25.1 Å². The van der Waals surface area contributed by atoms with E-state index in [1.807, 2.05) is 0 Å². The lowest BCUT2D eigenvalue weighted by Crippen LogP contribution is -2.38. The van der Waals surface area contributed by atoms with Gasteiger partial charge in [-0.05, 0) is 18.9 Å². The normalized spacial score (nSPS) is 25.7. The number of hydrogen-bond acceptors (Lipinski definition) is 10. The van der Waals surface area contributed by atoms with Crippen molar-refractivity contribution in [3.8, 4) is 0 Å². The molecule has 1 aromatic rings. The predicted molar refractivity (Wildman–Crippen MR) is 105 cm³/mol. The van der Waals surface area contributed by atoms with E-state index in [2.05, 4.69) is 23.4 Å². The number of ether oxygens (including phenoxy) is 1. The molecule has 0 amide bonds. The SMILES string of the molecule is CNc1ccn(CC2CC[C@@](CCl)(COP(=O)(O)OP(=O)(O)OP(=O)(O)O)O2)c(=O)n1. The van der Waals surface area contributed by atoms with Gasteiger partial charge in [0, 0.05) is 13.2 Å². The summed E-state index contributed by atoms with van der Waals surface area (Å²) in [7, 11) is -14.8. The highest BCUT2D eigenvalue weighted by Crippen LogP contribution is 2.66. The molecule has 15 nitrogen and oxygen atoms in total. The fourth-order valence-electron chi connectivity index (χ4n) is 2.70. The van der Waals surface area contributed by atoms with Gasteiger partial charge < -0.3 is 29.6 Å². The van der Waals surface area contributed by atoms with Gasteiger partial charge in [0.15, 0.2) is 0 Å². The molecule has 0 aliphatic carbocycles. The van der Waals surface area contributed by atoms with Gasteiger partial charge in [-0.25, -0.2) is 18.5 Å². The van der Waals surface area contributed by atoms with Crippen molar-refractivity contribution in [1.82, 2.24) is 9.55 Å². The van der Waals surface area contributed by atoms with Crippen LogP contribution in [0.4, 0.5) is 5.82 Å². The molecule has 31 heavy (non-hydrogen) atoms. The van der Waals surface area contributed by atoms with Crippen LogP contribution in [-0.2, 0) is 38.1 Å². The second-order valence-electron chi connectivity index (χ2n) is 6.46. The molecule has 19 heteroatoms. The summed E-state index contributed by atoms with van der Waals surface area (Å²) in [4.78, 5) is 51.6. The lowest BCUT2D eigenvalue weighted by molar-refractivity contribution is -0.0615. The minimum atomic E-state index is -5.62. The largest absolute Gasteiger partial charge is 0.490 e. The lowest BCUT2D eigenvalue weighted by atomic mass is 10.0. The first-order chi connectivity index (χ1) is 14.2. The minimum absolute atomic E-state index is 0.115. The van der Waals surface area contributed by atoms with E-state index in [1.165, 1.54) is 10.8 Å². The summed E-state index contributed by atoms with van der Waals surface area (Å²) in [5.74, 6) is 0.185. The molecule has 0 spiro atoms. The van der Waals surface area contributed by atoms with E-state index in [-0.39, 0.29) is 18.8 Å². The molecule has 1 saturated heterocycles. The van der Waals surface area contributed by atoms with E-state index in [9.17, 15) is 28.3 Å². The number of anilines is 1. The summed E-state index contributed by atoms with van der Waals surface area (Å²) in [5, 5.41) is 2.73. The maximum absolute atomic E-state index is 12.0. The summed E-state index contributed by atoms with van der Waals surface area (Å²) >= 11 is 5.91. The van der Waals surface area contributed by atoms with Crippen LogP contribution < -0.4 is 11.0 Å². The second kappa shape index (κ2) is 10.1. The molecule has 1 aromatic heterocycles. The second-order valence-corrected chi connectivity index (χ2v) is 11.1. The third kappa shape index (κ3) is 8.32. The Morgan fingerprint density at radius 1 is 1.29 bits per heavy atom. The number of aromatic nitrogens is 2. The molecule has 3 unspecified atom stereocenters. The van der Waals surface area contributed by atoms with Crippen LogP contribution in [0.3, 0.4) is 0 Å². The average molecular weight is 528 g/mol. The van der Waals surface area contributed by atoms with E-state index in [4.69, 9.17) is 26.1 Å². The molecule has 5 N–H and O–H groups in total. The number of alkyl halides is 1. The van der Waals surface area contributed by atoms with Crippen LogP contribution in [-0.4, -0.2) is 60.4 Å². The quantitative estimate of drug-likeness (QED) is 0.198. The summed E-state index contributed by atoms with van der Waals surface area (Å²) in [6, 6.07) is 1.58. The van der Waals surface area contributed by atoms with Gasteiger partial charge in [-0.1, -0.05) is 0 Å². The first kappa shape index (κ1) is 26.6. The number of phosphoric acid groups is 3. The predicted octanol–water partition coefficient (Wildman–Crippen LogP) is 0.785. The Bertz CT molecular complexity index is 985. The maximum atomic E-state index is 12.0. The fourth-order valence-corrected chi connectivity index (χ4v) is 6.06. The van der Waals surface area contributed by atoms with E-state index in [0.717, 1.165) is 0 Å². The van der Waals surface area contributed by atoms with Gasteiger partial charge in [0.2, 0.25) is 0 Å². The Labute approximate surface area is 180 Å². The topological polar surface area (TPSA) is 216 Å². The highest BCUT2D eigenvalue weighted by Gasteiger charge is 2.45. The van der Waals surface area contributed by atoms with Gasteiger partial charge in [0.25, 0.3) is 0 Å². The molecule has 1 aliphatic heterocycles. The van der Waals surface area contributed by atoms with Crippen LogP contribution >= 0.6 is 35.1 Å². The van der Waals surface area contributed by atoms with Gasteiger partial charge in [-0.2, -0.15) is 13.6 Å². The smallest absolute Gasteiger partial charge is 0.373 e. The van der Waals surface area contributed by atoms with E-state index >= 15 is 0 Å². The van der Waals surface area contributed by atoms with Crippen molar-refractivity contribution < 1.29 is 51.2 Å². The average Bonchev–Trinajstić information content (AvgIpc) is 3.02. The molecule has 0 saturated carbocycles. The molecule has 1 fully saturated rings. The Hall–Kier alpha value is -0.660. The molecular formula is C12H21ClN3O12P3. The molecule has 0 radical (unpaired) electrons. The van der Waals surface area contributed by atoms with Gasteiger partial charge in [-0.15, -0.1) is 11.6 Å². The molecular weight excluding hydrogens is 507 g/mol. The summed E-state index contributed by atoms with van der Waals surface area (Å²) in [6.07, 6.45) is 1.63. The molecule has 178 valence electrons. The summed E-state index contributed by atoms with van der Waals surface area (Å²) in [5.41, 5.74) is -1.81. The highest BCUT2D eigenvalue weighted by atomic mass is 35.5. The first-order valence-electron chi connectivity index (χ1n) is 8.45. The number of nitrogens with zero attached hydrogens (tertiary/aromatic N) is 2. The third-order valence-electron chi connectivity index (χ3n) is 4.02. The molecule has 4 atom stereocenters. The van der Waals surface area contributed by atoms with E-state index in [0.29, 0.717) is 12.2 Å². The zero-order valence-electron chi connectivity index (χ0n) is 15.9. The number of hydrogen-bond donors (Lipinski definition) is 5. The van der Waals surface area contributed by atoms with Crippen LogP contribution in [0.25, 0.3) is 0 Å². The van der Waals surface area contributed by atoms with E-state index in [1.54, 1.807) is 13.1 Å². The summed E-state index contributed by atoms with van der Waals surface area (Å²) < 4.78 is 52.9. The standard InChI is InChI=1S/C12H21ClN3O12P3/c1-14-10-3-5-16(11(17)15-10)6-9-2-4-12(7-13,26-9)8-25-30(21,22)28-31(23,24)27-29(18,19)20/h3,5,9H,2,4,6-8H2,1H3,(H,21,22)(H,23,24)(H,14,15,17)(H2,18,19,20)/t9?,12-/m1/s1. The zero-order chi connectivity index (χ0) is 23.5. The number of rotatable bonds is 11. The number of phosphoric ester groups is 1. The molecule has 1 aliphatic rings. The Morgan fingerprint density at radius 3 is 2.52 bits per heavy atom. The zero-order valence-corrected chi connectivity index (χ0v) is 19.4. The fraction of sp³-hybridized carbons (Fsp3) is 0.667. The number of nitrogens with one attached hydrogen (secondary N) is 1. The monoisotopic (exact) mass is 527 g/mol. The minimum Gasteiger partial charge on any atom is -0.373 e. The van der Waals surface area contributed by atoms with Crippen molar-refractivity contribution in [3.05, 3.63) is 22.7 Å². The van der Waals surface area contributed by atoms with Crippen molar-refractivity contribution in [2.75, 3.05) is 24.9 Å². The van der Waals surface area contributed by atoms with Crippen molar-refractivity contribution in [3.63, 3.8) is 0 Å². The van der Waals surface area contributed by atoms with E-state index < -0.39 is 47.5 Å². The highest BCUT2D eigenvalue weighted by molar-refractivity contribution is 7.66. The Kier molecular flexibility index (Phi) is 8.65. The van der Waals surface area contributed by atoms with Gasteiger partial charge in [-0.3, -0.25) is 9.09 Å². The molecule has 2 heterocycles. The molecule has 2 rings (SSSR count). The van der Waals surface area contributed by atoms with Crippen LogP contribution in [0.2, 0.25) is 0 Å². The van der Waals surface area contributed by atoms with Crippen LogP contribution in [0.5, 0.6) is 0 Å². The Morgan fingerprint density at radius 2 is 1.97 bits per heavy atom. The first-order valence-corrected chi connectivity index (χ1v) is 13.5. The van der Waals surface area contributed by atoms with Crippen LogP contribution in [0.15, 0.2) is 17.1 Å². The van der Waals surface area contributed by atoms with Crippen molar-refractivity contribution in [2.45, 2.75) is 31.1 Å². The lowest BCUT2D eigenvalue weighted by Gasteiger charge is -2.28. The third-order valence-corrected chi connectivity index (χ3v) is 8.29.